The molecule has 0 saturated carbocycles. The Morgan fingerprint density at radius 1 is 1.42 bits per heavy atom. The molecule has 7 heteroatoms. The molecule has 0 unspecified atom stereocenters. The van der Waals surface area contributed by atoms with Crippen LogP contribution >= 0.6 is 24.2 Å². The Morgan fingerprint density at radius 3 is 2.92 bits per heavy atom. The number of nitrogens with two attached hydrogens (primary N) is 1. The first-order chi connectivity index (χ1) is 11.1. The highest BCUT2D eigenvalue weighted by Crippen LogP contribution is 2.17. The van der Waals surface area contributed by atoms with Crippen LogP contribution in [0.1, 0.15) is 31.2 Å². The third-order valence-corrected chi connectivity index (χ3v) is 4.60. The Morgan fingerprint density at radius 2 is 2.21 bits per heavy atom. The molecule has 1 heterocycles. The predicted octanol–water partition coefficient (Wildman–Crippen LogP) is 2.64. The lowest BCUT2D eigenvalue weighted by Crippen LogP contribution is -2.36. The summed E-state index contributed by atoms with van der Waals surface area (Å²) in [6.07, 6.45) is 5.34. The van der Waals surface area contributed by atoms with Crippen LogP contribution in [0.25, 0.3) is 0 Å². The van der Waals surface area contributed by atoms with Gasteiger partial charge in [-0.1, -0.05) is 12.1 Å². The zero-order chi connectivity index (χ0) is 16.7. The molecule has 134 valence electrons. The van der Waals surface area contributed by atoms with E-state index in [0.717, 1.165) is 36.4 Å². The third-order valence-electron chi connectivity index (χ3n) is 3.96. The zero-order valence-corrected chi connectivity index (χ0v) is 15.6. The molecule has 1 aromatic carbocycles. The zero-order valence-electron chi connectivity index (χ0n) is 14.0. The van der Waals surface area contributed by atoms with Crippen molar-refractivity contribution in [3.05, 3.63) is 29.8 Å². The van der Waals surface area contributed by atoms with Crippen LogP contribution in [0.3, 0.4) is 0 Å². The van der Waals surface area contributed by atoms with Crippen molar-refractivity contribution >= 4 is 41.7 Å². The molecule has 0 aliphatic carbocycles. The van der Waals surface area contributed by atoms with Gasteiger partial charge in [0.05, 0.1) is 6.04 Å². The van der Waals surface area contributed by atoms with Crippen molar-refractivity contribution in [1.29, 1.82) is 0 Å². The minimum absolute atomic E-state index is 0. The first-order valence-electron chi connectivity index (χ1n) is 8.02. The van der Waals surface area contributed by atoms with E-state index >= 15 is 0 Å². The number of benzene rings is 1. The fourth-order valence-electron chi connectivity index (χ4n) is 2.61. The van der Waals surface area contributed by atoms with E-state index in [1.807, 2.05) is 35.4 Å². The number of thioether (sulfide) groups is 1. The van der Waals surface area contributed by atoms with Crippen LogP contribution in [-0.4, -0.2) is 41.3 Å². The second-order valence-electron chi connectivity index (χ2n) is 5.85. The first-order valence-corrected chi connectivity index (χ1v) is 9.41. The average Bonchev–Trinajstić information content (AvgIpc) is 2.55. The number of amides is 2. The van der Waals surface area contributed by atoms with Crippen molar-refractivity contribution in [2.75, 3.05) is 23.9 Å². The summed E-state index contributed by atoms with van der Waals surface area (Å²) < 4.78 is 0. The lowest BCUT2D eigenvalue weighted by atomic mass is 10.1. The summed E-state index contributed by atoms with van der Waals surface area (Å²) in [5.74, 6) is 0.918. The predicted molar refractivity (Wildman–Crippen MR) is 103 cm³/mol. The lowest BCUT2D eigenvalue weighted by molar-refractivity contribution is -0.133. The minimum atomic E-state index is -0.491. The number of likely N-dealkylation sites (tertiary alicyclic amines) is 1. The SMILES string of the molecule is CSCC[C@H](N)C(=O)Nc1cccc(CN2CCCCC2=O)c1.Cl. The van der Waals surface area contributed by atoms with Gasteiger partial charge < -0.3 is 16.0 Å². The summed E-state index contributed by atoms with van der Waals surface area (Å²) in [5, 5.41) is 2.86. The number of hydrogen-bond acceptors (Lipinski definition) is 4. The highest BCUT2D eigenvalue weighted by Gasteiger charge is 2.18. The molecule has 24 heavy (non-hydrogen) atoms. The van der Waals surface area contributed by atoms with Gasteiger partial charge in [-0.25, -0.2) is 0 Å². The molecule has 0 spiro atoms. The lowest BCUT2D eigenvalue weighted by Gasteiger charge is -2.27. The van der Waals surface area contributed by atoms with Crippen LogP contribution in [0.4, 0.5) is 5.69 Å². The second kappa shape index (κ2) is 10.6. The van der Waals surface area contributed by atoms with Crippen LogP contribution in [0, 0.1) is 0 Å². The fourth-order valence-corrected chi connectivity index (χ4v) is 3.10. The van der Waals surface area contributed by atoms with Crippen molar-refractivity contribution < 1.29 is 9.59 Å². The number of piperidine rings is 1. The number of carbonyl (C=O) groups is 2. The van der Waals surface area contributed by atoms with Gasteiger partial charge in [-0.3, -0.25) is 9.59 Å². The fraction of sp³-hybridized carbons (Fsp3) is 0.529. The van der Waals surface area contributed by atoms with Crippen LogP contribution in [0.15, 0.2) is 24.3 Å². The Labute approximate surface area is 154 Å². The largest absolute Gasteiger partial charge is 0.338 e. The summed E-state index contributed by atoms with van der Waals surface area (Å²) in [6, 6.07) is 7.15. The monoisotopic (exact) mass is 371 g/mol. The van der Waals surface area contributed by atoms with Crippen LogP contribution in [0.2, 0.25) is 0 Å². The molecule has 2 rings (SSSR count). The van der Waals surface area contributed by atoms with E-state index < -0.39 is 6.04 Å². The number of anilines is 1. The Bertz CT molecular complexity index is 556. The van der Waals surface area contributed by atoms with E-state index in [0.29, 0.717) is 19.4 Å². The van der Waals surface area contributed by atoms with Crippen LogP contribution in [-0.2, 0) is 16.1 Å². The molecule has 1 saturated heterocycles. The van der Waals surface area contributed by atoms with E-state index in [9.17, 15) is 9.59 Å². The topological polar surface area (TPSA) is 75.4 Å². The summed E-state index contributed by atoms with van der Waals surface area (Å²) in [6.45, 7) is 1.41. The third kappa shape index (κ3) is 6.34. The standard InChI is InChI=1S/C17H25N3O2S.ClH/c1-23-10-8-15(18)17(22)19-14-6-4-5-13(11-14)12-20-9-3-2-7-16(20)21;/h4-6,11,15H,2-3,7-10,12,18H2,1H3,(H,19,22);1H/t15-;/m0./s1. The quantitative estimate of drug-likeness (QED) is 0.772. The number of rotatable bonds is 7. The van der Waals surface area contributed by atoms with Crippen LogP contribution in [0.5, 0.6) is 0 Å². The van der Waals surface area contributed by atoms with E-state index in [4.69, 9.17) is 5.73 Å². The molecule has 1 aliphatic heterocycles. The van der Waals surface area contributed by atoms with Gasteiger partial charge in [0, 0.05) is 25.2 Å². The van der Waals surface area contributed by atoms with Crippen molar-refractivity contribution in [2.24, 2.45) is 5.73 Å². The van der Waals surface area contributed by atoms with Gasteiger partial charge in [-0.15, -0.1) is 12.4 Å². The van der Waals surface area contributed by atoms with Gasteiger partial charge in [-0.05, 0) is 49.0 Å². The minimum Gasteiger partial charge on any atom is -0.338 e. The van der Waals surface area contributed by atoms with E-state index in [2.05, 4.69) is 5.32 Å². The van der Waals surface area contributed by atoms with Gasteiger partial charge in [0.25, 0.3) is 0 Å². The van der Waals surface area contributed by atoms with Gasteiger partial charge in [-0.2, -0.15) is 11.8 Å². The number of carbonyl (C=O) groups excluding carboxylic acids is 2. The first kappa shape index (κ1) is 20.8. The van der Waals surface area contributed by atoms with E-state index in [-0.39, 0.29) is 24.2 Å². The van der Waals surface area contributed by atoms with Crippen molar-refractivity contribution in [3.8, 4) is 0 Å². The molecule has 1 aromatic rings. The number of halogens is 1. The average molecular weight is 372 g/mol. The summed E-state index contributed by atoms with van der Waals surface area (Å²) >= 11 is 1.68. The maximum absolute atomic E-state index is 12.1. The molecule has 1 aliphatic rings. The Kier molecular flexibility index (Phi) is 9.18. The molecule has 0 bridgehead atoms. The molecular formula is C17H26ClN3O2S. The molecule has 0 aromatic heterocycles. The van der Waals surface area contributed by atoms with Gasteiger partial charge >= 0.3 is 0 Å². The van der Waals surface area contributed by atoms with Gasteiger partial charge in [0.1, 0.15) is 0 Å². The molecule has 1 fully saturated rings. The van der Waals surface area contributed by atoms with Gasteiger partial charge in [0.15, 0.2) is 0 Å². The second-order valence-corrected chi connectivity index (χ2v) is 6.84. The summed E-state index contributed by atoms with van der Waals surface area (Å²) in [7, 11) is 0. The van der Waals surface area contributed by atoms with Crippen molar-refractivity contribution in [3.63, 3.8) is 0 Å². The maximum Gasteiger partial charge on any atom is 0.241 e. The normalized spacial score (nSPS) is 15.6. The van der Waals surface area contributed by atoms with Crippen molar-refractivity contribution in [2.45, 2.75) is 38.3 Å². The van der Waals surface area contributed by atoms with Crippen molar-refractivity contribution in [1.82, 2.24) is 4.90 Å². The maximum atomic E-state index is 12.1. The van der Waals surface area contributed by atoms with E-state index in [1.165, 1.54) is 0 Å². The number of nitrogens with zero attached hydrogens (tertiary/aromatic N) is 1. The highest BCUT2D eigenvalue weighted by molar-refractivity contribution is 7.98. The number of nitrogens with one attached hydrogen (secondary N) is 1. The molecular weight excluding hydrogens is 346 g/mol. The molecule has 5 nitrogen and oxygen atoms in total. The summed E-state index contributed by atoms with van der Waals surface area (Å²) in [4.78, 5) is 25.8. The van der Waals surface area contributed by atoms with E-state index in [1.54, 1.807) is 11.8 Å². The van der Waals surface area contributed by atoms with Gasteiger partial charge in [0.2, 0.25) is 11.8 Å². The Hall–Kier alpha value is -1.24. The number of hydrogen-bond donors (Lipinski definition) is 2. The molecule has 2 amide bonds. The molecule has 3 N–H and O–H groups in total. The smallest absolute Gasteiger partial charge is 0.241 e. The molecule has 1 atom stereocenters. The van der Waals surface area contributed by atoms with Crippen LogP contribution < -0.4 is 11.1 Å². The molecule has 0 radical (unpaired) electrons. The summed E-state index contributed by atoms with van der Waals surface area (Å²) in [5.41, 5.74) is 7.64. The Balaban J connectivity index is 0.00000288. The highest BCUT2D eigenvalue weighted by atomic mass is 35.5.